The Balaban J connectivity index is 2.32. The molecule has 3 heteroatoms. The van der Waals surface area contributed by atoms with Crippen molar-refractivity contribution in [3.05, 3.63) is 66.2 Å². The summed E-state index contributed by atoms with van der Waals surface area (Å²) in [7, 11) is 0. The predicted octanol–water partition coefficient (Wildman–Crippen LogP) is 2.99. The van der Waals surface area contributed by atoms with Gasteiger partial charge in [-0.3, -0.25) is 4.79 Å². The Bertz CT molecular complexity index is 600. The van der Waals surface area contributed by atoms with Gasteiger partial charge in [-0.15, -0.1) is 0 Å². The molecule has 2 N–H and O–H groups in total. The molecule has 2 aromatic rings. The van der Waals surface area contributed by atoms with Crippen molar-refractivity contribution in [3.8, 4) is 11.5 Å². The second-order valence-corrected chi connectivity index (χ2v) is 3.88. The normalized spacial score (nSPS) is 10.0. The molecule has 0 heterocycles. The topological polar surface area (TPSA) is 57.5 Å². The summed E-state index contributed by atoms with van der Waals surface area (Å²) in [5.74, 6) is -0.700. The van der Waals surface area contributed by atoms with Crippen LogP contribution in [0.5, 0.6) is 11.5 Å². The summed E-state index contributed by atoms with van der Waals surface area (Å²) in [5, 5.41) is 18.6. The second-order valence-electron chi connectivity index (χ2n) is 3.88. The van der Waals surface area contributed by atoms with E-state index in [-0.39, 0.29) is 22.9 Å². The Morgan fingerprint density at radius 1 is 0.889 bits per heavy atom. The Morgan fingerprint density at radius 3 is 2.17 bits per heavy atom. The van der Waals surface area contributed by atoms with Crippen LogP contribution in [0.3, 0.4) is 0 Å². The molecule has 0 atom stereocenters. The van der Waals surface area contributed by atoms with Crippen LogP contribution in [0, 0.1) is 0 Å². The number of carbonyl (C=O) groups excluding carboxylic acids is 1. The molecule has 0 aliphatic heterocycles. The van der Waals surface area contributed by atoms with E-state index in [0.717, 1.165) is 0 Å². The number of ketones is 1. The molecule has 90 valence electrons. The summed E-state index contributed by atoms with van der Waals surface area (Å²) in [6.07, 6.45) is 0. The molecule has 2 rings (SSSR count). The highest BCUT2D eigenvalue weighted by Crippen LogP contribution is 2.28. The van der Waals surface area contributed by atoms with Crippen LogP contribution >= 0.6 is 0 Å². The number of carbonyl (C=O) groups is 1. The van der Waals surface area contributed by atoms with Crippen molar-refractivity contribution in [3.63, 3.8) is 0 Å². The summed E-state index contributed by atoms with van der Waals surface area (Å²) < 4.78 is 0. The number of benzene rings is 2. The average molecular weight is 240 g/mol. The van der Waals surface area contributed by atoms with Gasteiger partial charge in [-0.1, -0.05) is 43.0 Å². The zero-order valence-corrected chi connectivity index (χ0v) is 9.63. The lowest BCUT2D eigenvalue weighted by Gasteiger charge is -2.06. The number of aromatic hydroxyl groups is 2. The van der Waals surface area contributed by atoms with Gasteiger partial charge < -0.3 is 10.2 Å². The van der Waals surface area contributed by atoms with E-state index in [1.165, 1.54) is 18.2 Å². The molecule has 0 amide bonds. The van der Waals surface area contributed by atoms with E-state index in [4.69, 9.17) is 0 Å². The van der Waals surface area contributed by atoms with Gasteiger partial charge in [-0.2, -0.15) is 0 Å². The number of phenols is 2. The van der Waals surface area contributed by atoms with Gasteiger partial charge >= 0.3 is 0 Å². The van der Waals surface area contributed by atoms with Gasteiger partial charge in [0, 0.05) is 11.1 Å². The summed E-state index contributed by atoms with van der Waals surface area (Å²) in [6.45, 7) is 3.73. The fourth-order valence-corrected chi connectivity index (χ4v) is 1.61. The van der Waals surface area contributed by atoms with Gasteiger partial charge in [-0.05, 0) is 17.7 Å². The van der Waals surface area contributed by atoms with Crippen LogP contribution < -0.4 is 0 Å². The Kier molecular flexibility index (Phi) is 3.15. The number of Topliss-reactive ketones (excluding diaryl/α,β-unsaturated/α-hetero) is 1. The van der Waals surface area contributed by atoms with Crippen LogP contribution in [-0.2, 0) is 0 Å². The zero-order valence-electron chi connectivity index (χ0n) is 9.63. The molecule has 18 heavy (non-hydrogen) atoms. The molecule has 0 aromatic heterocycles. The van der Waals surface area contributed by atoms with E-state index >= 15 is 0 Å². The minimum Gasteiger partial charge on any atom is -0.504 e. The Hall–Kier alpha value is -2.55. The standard InChI is InChI=1S/C15H12O3/c1-10(12-7-8-13(16)14(17)9-12)15(18)11-5-3-2-4-6-11/h2-9,16-17H,1H2. The lowest BCUT2D eigenvalue weighted by molar-refractivity contribution is 0.105. The predicted molar refractivity (Wildman–Crippen MR) is 69.6 cm³/mol. The molecule has 0 unspecified atom stereocenters. The lowest BCUT2D eigenvalue weighted by Crippen LogP contribution is -2.01. The van der Waals surface area contributed by atoms with Crippen LogP contribution in [0.15, 0.2) is 55.1 Å². The first-order valence-electron chi connectivity index (χ1n) is 5.40. The SMILES string of the molecule is C=C(C(=O)c1ccccc1)c1ccc(O)c(O)c1. The molecule has 0 fully saturated rings. The Labute approximate surface area is 105 Å². The summed E-state index contributed by atoms with van der Waals surface area (Å²) >= 11 is 0. The van der Waals surface area contributed by atoms with Crippen molar-refractivity contribution in [2.75, 3.05) is 0 Å². The third-order valence-electron chi connectivity index (χ3n) is 2.63. The smallest absolute Gasteiger partial charge is 0.193 e. The maximum atomic E-state index is 12.1. The molecule has 0 radical (unpaired) electrons. The van der Waals surface area contributed by atoms with Crippen molar-refractivity contribution in [1.29, 1.82) is 0 Å². The highest BCUT2D eigenvalue weighted by Gasteiger charge is 2.13. The molecular formula is C15H12O3. The van der Waals surface area contributed by atoms with Gasteiger partial charge in [0.15, 0.2) is 17.3 Å². The minimum atomic E-state index is -0.269. The van der Waals surface area contributed by atoms with Crippen LogP contribution in [0.25, 0.3) is 5.57 Å². The highest BCUT2D eigenvalue weighted by atomic mass is 16.3. The van der Waals surface area contributed by atoms with Gasteiger partial charge in [0.2, 0.25) is 0 Å². The second kappa shape index (κ2) is 4.75. The van der Waals surface area contributed by atoms with Crippen molar-refractivity contribution in [2.24, 2.45) is 0 Å². The molecule has 3 nitrogen and oxygen atoms in total. The van der Waals surface area contributed by atoms with Crippen LogP contribution in [-0.4, -0.2) is 16.0 Å². The Morgan fingerprint density at radius 2 is 1.56 bits per heavy atom. The molecule has 0 aliphatic carbocycles. The maximum absolute atomic E-state index is 12.1. The largest absolute Gasteiger partial charge is 0.504 e. The van der Waals surface area contributed by atoms with Crippen LogP contribution in [0.2, 0.25) is 0 Å². The third kappa shape index (κ3) is 2.25. The van der Waals surface area contributed by atoms with Crippen molar-refractivity contribution < 1.29 is 15.0 Å². The number of hydrogen-bond acceptors (Lipinski definition) is 3. The average Bonchev–Trinajstić information content (AvgIpc) is 2.41. The molecule has 0 spiro atoms. The number of hydrogen-bond donors (Lipinski definition) is 2. The zero-order chi connectivity index (χ0) is 13.1. The fraction of sp³-hybridized carbons (Fsp3) is 0. The van der Waals surface area contributed by atoms with Crippen molar-refractivity contribution in [2.45, 2.75) is 0 Å². The van der Waals surface area contributed by atoms with Gasteiger partial charge in [0.1, 0.15) is 0 Å². The monoisotopic (exact) mass is 240 g/mol. The minimum absolute atomic E-state index is 0.208. The van der Waals surface area contributed by atoms with Gasteiger partial charge in [-0.25, -0.2) is 0 Å². The van der Waals surface area contributed by atoms with E-state index in [9.17, 15) is 15.0 Å². The molecular weight excluding hydrogens is 228 g/mol. The lowest BCUT2D eigenvalue weighted by atomic mass is 9.98. The summed E-state index contributed by atoms with van der Waals surface area (Å²) in [6, 6.07) is 13.0. The molecule has 2 aromatic carbocycles. The van der Waals surface area contributed by atoms with Gasteiger partial charge in [0.05, 0.1) is 0 Å². The molecule has 0 aliphatic rings. The van der Waals surface area contributed by atoms with Crippen molar-refractivity contribution in [1.82, 2.24) is 0 Å². The number of rotatable bonds is 3. The summed E-state index contributed by atoms with van der Waals surface area (Å²) in [4.78, 5) is 12.1. The summed E-state index contributed by atoms with van der Waals surface area (Å²) in [5.41, 5.74) is 1.30. The van der Waals surface area contributed by atoms with Gasteiger partial charge in [0.25, 0.3) is 0 Å². The molecule has 0 bridgehead atoms. The molecule has 0 saturated heterocycles. The van der Waals surface area contributed by atoms with E-state index in [1.807, 2.05) is 6.07 Å². The van der Waals surface area contributed by atoms with E-state index in [1.54, 1.807) is 24.3 Å². The fourth-order valence-electron chi connectivity index (χ4n) is 1.61. The van der Waals surface area contributed by atoms with E-state index in [0.29, 0.717) is 11.1 Å². The third-order valence-corrected chi connectivity index (χ3v) is 2.63. The maximum Gasteiger partial charge on any atom is 0.193 e. The van der Waals surface area contributed by atoms with Crippen LogP contribution in [0.1, 0.15) is 15.9 Å². The van der Waals surface area contributed by atoms with E-state index < -0.39 is 0 Å². The van der Waals surface area contributed by atoms with Crippen molar-refractivity contribution >= 4 is 11.4 Å². The number of phenolic OH excluding ortho intramolecular Hbond substituents is 2. The quantitative estimate of drug-likeness (QED) is 0.492. The first-order valence-corrected chi connectivity index (χ1v) is 5.40. The highest BCUT2D eigenvalue weighted by molar-refractivity contribution is 6.28. The van der Waals surface area contributed by atoms with Crippen LogP contribution in [0.4, 0.5) is 0 Å². The first kappa shape index (κ1) is 11.9. The molecule has 0 saturated carbocycles. The first-order chi connectivity index (χ1) is 8.59. The van der Waals surface area contributed by atoms with E-state index in [2.05, 4.69) is 6.58 Å². The number of allylic oxidation sites excluding steroid dienone is 1.